The number of aryl methyl sites for hydroxylation is 1. The third-order valence-corrected chi connectivity index (χ3v) is 3.72. The van der Waals surface area contributed by atoms with Crippen molar-refractivity contribution in [2.45, 2.75) is 39.7 Å². The number of anilines is 1. The Bertz CT molecular complexity index is 407. The van der Waals surface area contributed by atoms with Crippen molar-refractivity contribution in [1.82, 2.24) is 0 Å². The lowest BCUT2D eigenvalue weighted by Gasteiger charge is -2.19. The molecule has 4 heteroatoms. The van der Waals surface area contributed by atoms with Crippen LogP contribution in [0.2, 0.25) is 0 Å². The summed E-state index contributed by atoms with van der Waals surface area (Å²) in [5.74, 6) is -0.187. The standard InChI is InChI=1S/C14H20BrNO2/c1-4-7-12(14(17)18-5-2)16-11-9-6-8-10(3)13(11)15/h6,8-9,12,16H,4-5,7H2,1-3H3. The Morgan fingerprint density at radius 3 is 2.78 bits per heavy atom. The molecule has 18 heavy (non-hydrogen) atoms. The zero-order valence-electron chi connectivity index (χ0n) is 11.1. The maximum Gasteiger partial charge on any atom is 0.328 e. The number of ether oxygens (including phenoxy) is 1. The number of benzene rings is 1. The molecular formula is C14H20BrNO2. The number of rotatable bonds is 6. The number of esters is 1. The van der Waals surface area contributed by atoms with Crippen molar-refractivity contribution in [1.29, 1.82) is 0 Å². The van der Waals surface area contributed by atoms with Gasteiger partial charge in [-0.05, 0) is 47.8 Å². The van der Waals surface area contributed by atoms with Crippen LogP contribution >= 0.6 is 15.9 Å². The molecular weight excluding hydrogens is 294 g/mol. The summed E-state index contributed by atoms with van der Waals surface area (Å²) in [6, 6.07) is 5.66. The van der Waals surface area contributed by atoms with Gasteiger partial charge in [-0.3, -0.25) is 0 Å². The van der Waals surface area contributed by atoms with Crippen molar-refractivity contribution in [3.05, 3.63) is 28.2 Å². The lowest BCUT2D eigenvalue weighted by Crippen LogP contribution is -2.31. The van der Waals surface area contributed by atoms with E-state index in [1.807, 2.05) is 32.0 Å². The van der Waals surface area contributed by atoms with Crippen LogP contribution in [0.5, 0.6) is 0 Å². The molecule has 0 aliphatic carbocycles. The van der Waals surface area contributed by atoms with E-state index in [4.69, 9.17) is 4.74 Å². The average Bonchev–Trinajstić information content (AvgIpc) is 2.34. The van der Waals surface area contributed by atoms with E-state index in [1.165, 1.54) is 0 Å². The van der Waals surface area contributed by atoms with Crippen LogP contribution in [0.3, 0.4) is 0 Å². The highest BCUT2D eigenvalue weighted by molar-refractivity contribution is 9.10. The average molecular weight is 314 g/mol. The second-order valence-corrected chi connectivity index (χ2v) is 4.97. The topological polar surface area (TPSA) is 38.3 Å². The summed E-state index contributed by atoms with van der Waals surface area (Å²) < 4.78 is 6.08. The molecule has 0 bridgehead atoms. The van der Waals surface area contributed by atoms with E-state index in [-0.39, 0.29) is 12.0 Å². The smallest absolute Gasteiger partial charge is 0.328 e. The molecule has 0 aromatic heterocycles. The first-order chi connectivity index (χ1) is 8.60. The summed E-state index contributed by atoms with van der Waals surface area (Å²) in [5.41, 5.74) is 2.07. The fourth-order valence-electron chi connectivity index (χ4n) is 1.73. The maximum absolute atomic E-state index is 11.8. The second kappa shape index (κ2) is 7.41. The molecule has 0 spiro atoms. The van der Waals surface area contributed by atoms with Gasteiger partial charge in [-0.25, -0.2) is 4.79 Å². The lowest BCUT2D eigenvalue weighted by molar-refractivity contribution is -0.144. The van der Waals surface area contributed by atoms with Gasteiger partial charge in [0.15, 0.2) is 0 Å². The fraction of sp³-hybridized carbons (Fsp3) is 0.500. The maximum atomic E-state index is 11.8. The van der Waals surface area contributed by atoms with E-state index in [9.17, 15) is 4.79 Å². The second-order valence-electron chi connectivity index (χ2n) is 4.17. The van der Waals surface area contributed by atoms with Crippen molar-refractivity contribution in [2.75, 3.05) is 11.9 Å². The van der Waals surface area contributed by atoms with Gasteiger partial charge in [0.2, 0.25) is 0 Å². The van der Waals surface area contributed by atoms with Gasteiger partial charge in [0.25, 0.3) is 0 Å². The molecule has 0 saturated carbocycles. The number of hydrogen-bond acceptors (Lipinski definition) is 3. The van der Waals surface area contributed by atoms with Gasteiger partial charge in [-0.1, -0.05) is 25.5 Å². The normalized spacial score (nSPS) is 12.0. The summed E-state index contributed by atoms with van der Waals surface area (Å²) in [6.45, 7) is 6.31. The van der Waals surface area contributed by atoms with E-state index in [2.05, 4.69) is 28.2 Å². The van der Waals surface area contributed by atoms with Gasteiger partial charge >= 0.3 is 5.97 Å². The predicted octanol–water partition coefficient (Wildman–Crippen LogP) is 3.90. The van der Waals surface area contributed by atoms with Crippen molar-refractivity contribution >= 4 is 27.6 Å². The number of hydrogen-bond donors (Lipinski definition) is 1. The van der Waals surface area contributed by atoms with Crippen LogP contribution in [-0.4, -0.2) is 18.6 Å². The first kappa shape index (κ1) is 15.0. The van der Waals surface area contributed by atoms with Crippen molar-refractivity contribution in [3.63, 3.8) is 0 Å². The van der Waals surface area contributed by atoms with E-state index in [0.717, 1.165) is 28.6 Å². The highest BCUT2D eigenvalue weighted by Crippen LogP contribution is 2.27. The highest BCUT2D eigenvalue weighted by atomic mass is 79.9. The van der Waals surface area contributed by atoms with Gasteiger partial charge < -0.3 is 10.1 Å². The van der Waals surface area contributed by atoms with Crippen LogP contribution in [0.4, 0.5) is 5.69 Å². The SMILES string of the molecule is CCCC(Nc1cccc(C)c1Br)C(=O)OCC. The molecule has 0 heterocycles. The third kappa shape index (κ3) is 4.02. The molecule has 100 valence electrons. The molecule has 3 nitrogen and oxygen atoms in total. The van der Waals surface area contributed by atoms with Crippen LogP contribution in [0.25, 0.3) is 0 Å². The molecule has 0 aliphatic heterocycles. The first-order valence-electron chi connectivity index (χ1n) is 6.28. The van der Waals surface area contributed by atoms with Crippen LogP contribution in [-0.2, 0) is 9.53 Å². The highest BCUT2D eigenvalue weighted by Gasteiger charge is 2.19. The molecule has 0 radical (unpaired) electrons. The Balaban J connectivity index is 2.82. The number of carbonyl (C=O) groups excluding carboxylic acids is 1. The van der Waals surface area contributed by atoms with Gasteiger partial charge in [-0.15, -0.1) is 0 Å². The van der Waals surface area contributed by atoms with Crippen LogP contribution in [0.15, 0.2) is 22.7 Å². The molecule has 1 aromatic carbocycles. The molecule has 0 amide bonds. The number of carbonyl (C=O) groups is 1. The number of nitrogens with one attached hydrogen (secondary N) is 1. The van der Waals surface area contributed by atoms with E-state index in [0.29, 0.717) is 6.61 Å². The largest absolute Gasteiger partial charge is 0.464 e. The van der Waals surface area contributed by atoms with Gasteiger partial charge in [0, 0.05) is 10.2 Å². The number of halogens is 1. The zero-order valence-corrected chi connectivity index (χ0v) is 12.7. The molecule has 1 unspecified atom stereocenters. The molecule has 0 fully saturated rings. The van der Waals surface area contributed by atoms with Crippen molar-refractivity contribution in [3.8, 4) is 0 Å². The van der Waals surface area contributed by atoms with E-state index < -0.39 is 0 Å². The predicted molar refractivity (Wildman–Crippen MR) is 77.8 cm³/mol. The third-order valence-electron chi connectivity index (χ3n) is 2.67. The summed E-state index contributed by atoms with van der Waals surface area (Å²) >= 11 is 3.53. The minimum Gasteiger partial charge on any atom is -0.464 e. The summed E-state index contributed by atoms with van der Waals surface area (Å²) in [5, 5.41) is 3.25. The van der Waals surface area contributed by atoms with Gasteiger partial charge in [0.1, 0.15) is 6.04 Å². The van der Waals surface area contributed by atoms with Crippen molar-refractivity contribution in [2.24, 2.45) is 0 Å². The lowest BCUT2D eigenvalue weighted by atomic mass is 10.1. The van der Waals surface area contributed by atoms with Crippen molar-refractivity contribution < 1.29 is 9.53 Å². The van der Waals surface area contributed by atoms with Crippen LogP contribution in [0.1, 0.15) is 32.3 Å². The molecule has 0 saturated heterocycles. The van der Waals surface area contributed by atoms with E-state index in [1.54, 1.807) is 0 Å². The Morgan fingerprint density at radius 2 is 2.17 bits per heavy atom. The monoisotopic (exact) mass is 313 g/mol. The van der Waals surface area contributed by atoms with Crippen LogP contribution in [0, 0.1) is 6.92 Å². The molecule has 1 atom stereocenters. The fourth-order valence-corrected chi connectivity index (χ4v) is 2.11. The Morgan fingerprint density at radius 1 is 1.44 bits per heavy atom. The molecule has 1 rings (SSSR count). The Labute approximate surface area is 117 Å². The first-order valence-corrected chi connectivity index (χ1v) is 7.07. The Kier molecular flexibility index (Phi) is 6.19. The quantitative estimate of drug-likeness (QED) is 0.809. The minimum atomic E-state index is -0.284. The van der Waals surface area contributed by atoms with Crippen LogP contribution < -0.4 is 5.32 Å². The van der Waals surface area contributed by atoms with E-state index >= 15 is 0 Å². The molecule has 0 aliphatic rings. The van der Waals surface area contributed by atoms with Gasteiger partial charge in [0.05, 0.1) is 6.61 Å². The summed E-state index contributed by atoms with van der Waals surface area (Å²) in [7, 11) is 0. The zero-order chi connectivity index (χ0) is 13.5. The minimum absolute atomic E-state index is 0.187. The Hall–Kier alpha value is -1.03. The van der Waals surface area contributed by atoms with Gasteiger partial charge in [-0.2, -0.15) is 0 Å². The summed E-state index contributed by atoms with van der Waals surface area (Å²) in [4.78, 5) is 11.8. The summed E-state index contributed by atoms with van der Waals surface area (Å²) in [6.07, 6.45) is 1.69. The molecule has 1 aromatic rings. The molecule has 1 N–H and O–H groups in total.